The minimum atomic E-state index is -0.779. The van der Waals surface area contributed by atoms with Crippen LogP contribution in [0.25, 0.3) is 0 Å². The van der Waals surface area contributed by atoms with E-state index in [0.29, 0.717) is 16.3 Å². The van der Waals surface area contributed by atoms with Gasteiger partial charge in [-0.05, 0) is 48.9 Å². The second-order valence-corrected chi connectivity index (χ2v) is 8.32. The maximum absolute atomic E-state index is 12.3. The van der Waals surface area contributed by atoms with Crippen molar-refractivity contribution in [2.24, 2.45) is 5.92 Å². The predicted octanol–water partition coefficient (Wildman–Crippen LogP) is 3.09. The van der Waals surface area contributed by atoms with Gasteiger partial charge in [0.2, 0.25) is 5.91 Å². The third kappa shape index (κ3) is 6.05. The summed E-state index contributed by atoms with van der Waals surface area (Å²) in [5.41, 5.74) is 4.19. The number of hydrogen-bond donors (Lipinski definition) is 2. The number of amides is 3. The van der Waals surface area contributed by atoms with Gasteiger partial charge in [-0.1, -0.05) is 33.6 Å². The lowest BCUT2D eigenvalue weighted by atomic mass is 10.1. The number of carbonyl (C=O) groups is 4. The van der Waals surface area contributed by atoms with Gasteiger partial charge in [-0.2, -0.15) is 0 Å². The largest absolute Gasteiger partial charge is 0.455 e. The highest BCUT2D eigenvalue weighted by Crippen LogP contribution is 2.21. The first-order valence-electron chi connectivity index (χ1n) is 9.32. The number of esters is 1. The second kappa shape index (κ2) is 9.93. The van der Waals surface area contributed by atoms with Crippen molar-refractivity contribution >= 4 is 56.9 Å². The van der Waals surface area contributed by atoms with E-state index in [1.165, 1.54) is 0 Å². The lowest BCUT2D eigenvalue weighted by molar-refractivity contribution is -0.151. The first-order valence-corrected chi connectivity index (χ1v) is 10.5. The van der Waals surface area contributed by atoms with E-state index in [-0.39, 0.29) is 13.0 Å². The minimum absolute atomic E-state index is 0.0328. The van der Waals surface area contributed by atoms with Crippen molar-refractivity contribution in [1.29, 1.82) is 0 Å². The number of hydrazine groups is 1. The van der Waals surface area contributed by atoms with Gasteiger partial charge in [-0.25, -0.2) is 0 Å². The van der Waals surface area contributed by atoms with Crippen molar-refractivity contribution in [2.45, 2.75) is 13.3 Å². The fourth-order valence-corrected chi connectivity index (χ4v) is 3.37. The summed E-state index contributed by atoms with van der Waals surface area (Å²) in [4.78, 5) is 48.8. The third-order valence-electron chi connectivity index (χ3n) is 4.62. The number of carbonyl (C=O) groups excluding carboxylic acids is 4. The molecule has 1 heterocycles. The minimum Gasteiger partial charge on any atom is -0.455 e. The molecule has 0 spiro atoms. The molecular formula is C21H19BrClN3O5. The monoisotopic (exact) mass is 507 g/mol. The zero-order valence-electron chi connectivity index (χ0n) is 16.5. The number of benzene rings is 2. The molecule has 1 fully saturated rings. The fourth-order valence-electron chi connectivity index (χ4n) is 2.93. The zero-order chi connectivity index (χ0) is 22.5. The normalized spacial score (nSPS) is 15.5. The number of aryl methyl sites for hydroxylation is 1. The second-order valence-electron chi connectivity index (χ2n) is 6.97. The van der Waals surface area contributed by atoms with Gasteiger partial charge in [0.05, 0.1) is 12.5 Å². The molecule has 0 saturated carbocycles. The lowest BCUT2D eigenvalue weighted by Crippen LogP contribution is -2.43. The van der Waals surface area contributed by atoms with Crippen LogP contribution in [0.3, 0.4) is 0 Å². The molecule has 1 saturated heterocycles. The van der Waals surface area contributed by atoms with Gasteiger partial charge in [0, 0.05) is 27.2 Å². The highest BCUT2D eigenvalue weighted by Gasteiger charge is 2.36. The van der Waals surface area contributed by atoms with Crippen LogP contribution in [0.15, 0.2) is 46.9 Å². The Morgan fingerprint density at radius 3 is 2.61 bits per heavy atom. The molecule has 1 atom stereocenters. The van der Waals surface area contributed by atoms with Crippen LogP contribution in [0.1, 0.15) is 22.3 Å². The molecule has 3 amide bonds. The molecule has 8 nitrogen and oxygen atoms in total. The number of nitrogens with one attached hydrogen (secondary N) is 2. The van der Waals surface area contributed by atoms with Crippen molar-refractivity contribution in [3.05, 3.63) is 63.1 Å². The van der Waals surface area contributed by atoms with Gasteiger partial charge in [0.1, 0.15) is 0 Å². The van der Waals surface area contributed by atoms with E-state index in [4.69, 9.17) is 16.3 Å². The van der Waals surface area contributed by atoms with Gasteiger partial charge in [-0.15, -0.1) is 0 Å². The van der Waals surface area contributed by atoms with Crippen molar-refractivity contribution in [1.82, 2.24) is 10.4 Å². The average molecular weight is 509 g/mol. The number of nitrogens with zero attached hydrogens (tertiary/aromatic N) is 1. The topological polar surface area (TPSA) is 105 Å². The quantitative estimate of drug-likeness (QED) is 0.584. The molecule has 2 aromatic carbocycles. The summed E-state index contributed by atoms with van der Waals surface area (Å²) in [6, 6.07) is 11.7. The summed E-state index contributed by atoms with van der Waals surface area (Å²) in [7, 11) is 0. The molecule has 1 aliphatic rings. The Morgan fingerprint density at radius 1 is 1.19 bits per heavy atom. The van der Waals surface area contributed by atoms with Crippen molar-refractivity contribution in [2.75, 3.05) is 18.5 Å². The molecule has 10 heteroatoms. The highest BCUT2D eigenvalue weighted by molar-refractivity contribution is 9.10. The van der Waals surface area contributed by atoms with E-state index >= 15 is 0 Å². The van der Waals surface area contributed by atoms with Crippen LogP contribution in [0.2, 0.25) is 5.02 Å². The molecule has 162 valence electrons. The van der Waals surface area contributed by atoms with E-state index in [1.54, 1.807) is 49.4 Å². The smallest absolute Gasteiger partial charge is 0.311 e. The van der Waals surface area contributed by atoms with Crippen molar-refractivity contribution < 1.29 is 23.9 Å². The Bertz CT molecular complexity index is 1030. The van der Waals surface area contributed by atoms with Crippen LogP contribution < -0.4 is 10.7 Å². The summed E-state index contributed by atoms with van der Waals surface area (Å²) in [5, 5.41) is 4.18. The van der Waals surface area contributed by atoms with Crippen molar-refractivity contribution in [3.63, 3.8) is 0 Å². The molecule has 0 unspecified atom stereocenters. The van der Waals surface area contributed by atoms with Crippen LogP contribution >= 0.6 is 27.5 Å². The number of halogens is 2. The molecule has 1 aliphatic heterocycles. The van der Waals surface area contributed by atoms with Crippen LogP contribution in [-0.4, -0.2) is 41.9 Å². The Balaban J connectivity index is 1.49. The van der Waals surface area contributed by atoms with Crippen molar-refractivity contribution in [3.8, 4) is 0 Å². The summed E-state index contributed by atoms with van der Waals surface area (Å²) >= 11 is 9.20. The SMILES string of the molecule is Cc1ccc(Cl)cc1NC(=O)COC(=O)[C@H]1CC(=O)N(NC(=O)c2ccc(Br)cc2)C1. The van der Waals surface area contributed by atoms with E-state index in [9.17, 15) is 19.2 Å². The third-order valence-corrected chi connectivity index (χ3v) is 5.38. The summed E-state index contributed by atoms with van der Waals surface area (Å²) in [5.74, 6) is -2.87. The Labute approximate surface area is 192 Å². The van der Waals surface area contributed by atoms with Gasteiger partial charge in [-0.3, -0.25) is 29.6 Å². The van der Waals surface area contributed by atoms with Crippen LogP contribution in [0.4, 0.5) is 5.69 Å². The molecule has 3 rings (SSSR count). The Morgan fingerprint density at radius 2 is 1.90 bits per heavy atom. The van der Waals surface area contributed by atoms with E-state index in [2.05, 4.69) is 26.7 Å². The first kappa shape index (κ1) is 22.8. The fraction of sp³-hybridized carbons (Fsp3) is 0.238. The predicted molar refractivity (Wildman–Crippen MR) is 117 cm³/mol. The van der Waals surface area contributed by atoms with Crippen LogP contribution in [0, 0.1) is 12.8 Å². The molecule has 0 aliphatic carbocycles. The van der Waals surface area contributed by atoms with E-state index < -0.39 is 36.2 Å². The summed E-state index contributed by atoms with van der Waals surface area (Å²) in [6.07, 6.45) is -0.117. The van der Waals surface area contributed by atoms with E-state index in [1.807, 2.05) is 0 Å². The number of rotatable bonds is 6. The van der Waals surface area contributed by atoms with Crippen LogP contribution in [-0.2, 0) is 19.1 Å². The van der Waals surface area contributed by atoms with Gasteiger partial charge >= 0.3 is 5.97 Å². The van der Waals surface area contributed by atoms with Gasteiger partial charge in [0.25, 0.3) is 11.8 Å². The summed E-state index contributed by atoms with van der Waals surface area (Å²) in [6.45, 7) is 1.27. The molecule has 31 heavy (non-hydrogen) atoms. The molecule has 0 bridgehead atoms. The zero-order valence-corrected chi connectivity index (χ0v) is 18.8. The first-order chi connectivity index (χ1) is 14.7. The number of ether oxygens (including phenoxy) is 1. The number of hydrogen-bond acceptors (Lipinski definition) is 5. The molecular weight excluding hydrogens is 490 g/mol. The van der Waals surface area contributed by atoms with Gasteiger partial charge < -0.3 is 10.1 Å². The van der Waals surface area contributed by atoms with Gasteiger partial charge in [0.15, 0.2) is 6.61 Å². The average Bonchev–Trinajstić information content (AvgIpc) is 3.09. The lowest BCUT2D eigenvalue weighted by Gasteiger charge is -2.17. The molecule has 0 aromatic heterocycles. The van der Waals surface area contributed by atoms with Crippen LogP contribution in [0.5, 0.6) is 0 Å². The molecule has 2 N–H and O–H groups in total. The summed E-state index contributed by atoms with van der Waals surface area (Å²) < 4.78 is 5.87. The Hall–Kier alpha value is -2.91. The van der Waals surface area contributed by atoms with E-state index in [0.717, 1.165) is 15.0 Å². The number of anilines is 1. The standard InChI is InChI=1S/C21H19BrClN3O5/c1-12-2-7-16(23)9-17(12)24-18(27)11-31-21(30)14-8-19(28)26(10-14)25-20(29)13-3-5-15(22)6-4-13/h2-7,9,14H,8,10-11H2,1H3,(H,24,27)(H,25,29)/t14-/m0/s1. The molecule has 0 radical (unpaired) electrons. The highest BCUT2D eigenvalue weighted by atomic mass is 79.9. The maximum Gasteiger partial charge on any atom is 0.311 e. The Kier molecular flexibility index (Phi) is 7.29. The molecule has 2 aromatic rings. The maximum atomic E-state index is 12.3.